The Morgan fingerprint density at radius 1 is 1.11 bits per heavy atom. The first-order valence-electron chi connectivity index (χ1n) is 4.30. The fraction of sp³-hybridized carbons (Fsp3) is 0.250. The van der Waals surface area contributed by atoms with Crippen LogP contribution >= 0.6 is 11.8 Å². The molecular weight excluding hydrogens is 320 g/mol. The molecule has 0 atom stereocenters. The fourth-order valence-corrected chi connectivity index (χ4v) is 2.41. The molecule has 0 aromatic heterocycles. The van der Waals surface area contributed by atoms with Gasteiger partial charge in [-0.3, -0.25) is 0 Å². The number of nitrogens with two attached hydrogens (primary N) is 1. The molecule has 0 saturated carbocycles. The average molecular weight is 325 g/mol. The summed E-state index contributed by atoms with van der Waals surface area (Å²) in [5, 5.41) is -6.84. The molecule has 2 N–H and O–H groups in total. The summed E-state index contributed by atoms with van der Waals surface area (Å²) in [4.78, 5) is -1.05. The second-order valence-corrected chi connectivity index (χ2v) is 6.01. The third-order valence-electron chi connectivity index (χ3n) is 1.83. The van der Waals surface area contributed by atoms with Crippen LogP contribution in [0.1, 0.15) is 0 Å². The van der Waals surface area contributed by atoms with Gasteiger partial charge in [0.05, 0.1) is 0 Å². The molecular formula is C8H5F6NO2S2. The average Bonchev–Trinajstić information content (AvgIpc) is 2.20. The van der Waals surface area contributed by atoms with Crippen molar-refractivity contribution in [3.05, 3.63) is 29.8 Å². The van der Waals surface area contributed by atoms with Crippen molar-refractivity contribution in [1.29, 1.82) is 0 Å². The standard InChI is InChI=1S/C8H5F6NO2S2/c9-4-1-2-6(5(10)3-4)18-7(11,12)8(13,14)19(15,16)17/h1-3H,(H2,15,16,17). The molecule has 1 aromatic rings. The van der Waals surface area contributed by atoms with E-state index in [1.165, 1.54) is 0 Å². The van der Waals surface area contributed by atoms with E-state index in [4.69, 9.17) is 0 Å². The minimum absolute atomic E-state index is 0.188. The Hall–Kier alpha value is -0.940. The van der Waals surface area contributed by atoms with E-state index in [0.29, 0.717) is 12.1 Å². The third-order valence-corrected chi connectivity index (χ3v) is 3.99. The predicted octanol–water partition coefficient (Wildman–Crippen LogP) is 2.53. The minimum atomic E-state index is -5.90. The van der Waals surface area contributed by atoms with E-state index < -0.39 is 48.8 Å². The predicted molar refractivity (Wildman–Crippen MR) is 55.2 cm³/mol. The van der Waals surface area contributed by atoms with Crippen molar-refractivity contribution in [3.8, 4) is 0 Å². The number of hydrogen-bond donors (Lipinski definition) is 1. The van der Waals surface area contributed by atoms with Crippen molar-refractivity contribution in [2.45, 2.75) is 15.4 Å². The summed E-state index contributed by atoms with van der Waals surface area (Å²) in [6, 6.07) is 1.21. The first kappa shape index (κ1) is 16.1. The Kier molecular flexibility index (Phi) is 4.13. The van der Waals surface area contributed by atoms with Gasteiger partial charge in [0.15, 0.2) is 0 Å². The summed E-state index contributed by atoms with van der Waals surface area (Å²) in [6.45, 7) is 0. The van der Waals surface area contributed by atoms with Gasteiger partial charge in [-0.15, -0.1) is 0 Å². The molecule has 0 amide bonds. The topological polar surface area (TPSA) is 60.2 Å². The van der Waals surface area contributed by atoms with Crippen molar-refractivity contribution in [1.82, 2.24) is 0 Å². The summed E-state index contributed by atoms with van der Waals surface area (Å²) >= 11 is -1.07. The Bertz CT molecular complexity index is 589. The van der Waals surface area contributed by atoms with Crippen LogP contribution in [0.5, 0.6) is 0 Å². The molecule has 0 radical (unpaired) electrons. The molecule has 0 bridgehead atoms. The number of rotatable bonds is 4. The zero-order valence-electron chi connectivity index (χ0n) is 8.71. The smallest absolute Gasteiger partial charge is 0.223 e. The molecule has 1 rings (SSSR count). The van der Waals surface area contributed by atoms with Crippen LogP contribution in [0.25, 0.3) is 0 Å². The lowest BCUT2D eigenvalue weighted by atomic mass is 10.3. The maximum absolute atomic E-state index is 13.2. The molecule has 11 heteroatoms. The molecule has 19 heavy (non-hydrogen) atoms. The third kappa shape index (κ3) is 3.15. The van der Waals surface area contributed by atoms with E-state index in [1.807, 2.05) is 0 Å². The summed E-state index contributed by atoms with van der Waals surface area (Å²) in [5.41, 5.74) is 0. The molecule has 0 unspecified atom stereocenters. The van der Waals surface area contributed by atoms with Gasteiger partial charge >= 0.3 is 10.5 Å². The molecule has 0 aliphatic heterocycles. The van der Waals surface area contributed by atoms with Gasteiger partial charge in [0, 0.05) is 11.0 Å². The summed E-state index contributed by atoms with van der Waals surface area (Å²) in [7, 11) is -5.90. The van der Waals surface area contributed by atoms with Gasteiger partial charge < -0.3 is 0 Å². The molecule has 0 spiro atoms. The number of sulfonamides is 1. The van der Waals surface area contributed by atoms with E-state index in [9.17, 15) is 34.8 Å². The number of benzene rings is 1. The van der Waals surface area contributed by atoms with Gasteiger partial charge in [0.1, 0.15) is 11.6 Å². The maximum atomic E-state index is 13.2. The SMILES string of the molecule is NS(=O)(=O)C(F)(F)C(F)(F)Sc1ccc(F)cc1F. The number of halogens is 6. The monoisotopic (exact) mass is 325 g/mol. The number of primary sulfonamides is 1. The molecule has 108 valence electrons. The Labute approximate surface area is 107 Å². The highest BCUT2D eigenvalue weighted by molar-refractivity contribution is 8.01. The summed E-state index contributed by atoms with van der Waals surface area (Å²) in [5.74, 6) is -2.64. The van der Waals surface area contributed by atoms with Crippen LogP contribution < -0.4 is 5.14 Å². The quantitative estimate of drug-likeness (QED) is 0.683. The van der Waals surface area contributed by atoms with Crippen molar-refractivity contribution >= 4 is 21.8 Å². The van der Waals surface area contributed by atoms with Gasteiger partial charge in [-0.05, 0) is 23.9 Å². The van der Waals surface area contributed by atoms with Crippen LogP contribution in [-0.2, 0) is 10.0 Å². The van der Waals surface area contributed by atoms with Gasteiger partial charge in [0.25, 0.3) is 10.0 Å². The number of hydrogen-bond acceptors (Lipinski definition) is 3. The van der Waals surface area contributed by atoms with Gasteiger partial charge in [-0.1, -0.05) is 0 Å². The van der Waals surface area contributed by atoms with Gasteiger partial charge in [-0.2, -0.15) is 17.6 Å². The van der Waals surface area contributed by atoms with Gasteiger partial charge in [0.2, 0.25) is 0 Å². The first-order valence-corrected chi connectivity index (χ1v) is 6.67. The Morgan fingerprint density at radius 3 is 2.05 bits per heavy atom. The normalized spacial score (nSPS) is 13.6. The summed E-state index contributed by atoms with van der Waals surface area (Å²) < 4.78 is 98.5. The Balaban J connectivity index is 3.16. The number of alkyl halides is 4. The van der Waals surface area contributed by atoms with Gasteiger partial charge in [-0.25, -0.2) is 22.3 Å². The van der Waals surface area contributed by atoms with E-state index >= 15 is 0 Å². The lowest BCUT2D eigenvalue weighted by Crippen LogP contribution is -2.48. The molecule has 1 aromatic carbocycles. The van der Waals surface area contributed by atoms with E-state index in [-0.39, 0.29) is 6.07 Å². The lowest BCUT2D eigenvalue weighted by molar-refractivity contribution is -0.0902. The highest BCUT2D eigenvalue weighted by Gasteiger charge is 2.65. The lowest BCUT2D eigenvalue weighted by Gasteiger charge is -2.23. The van der Waals surface area contributed by atoms with Crippen LogP contribution in [0, 0.1) is 11.6 Å². The van der Waals surface area contributed by atoms with E-state index in [1.54, 1.807) is 0 Å². The molecule has 0 aliphatic rings. The zero-order chi connectivity index (χ0) is 15.1. The zero-order valence-corrected chi connectivity index (χ0v) is 10.3. The van der Waals surface area contributed by atoms with E-state index in [2.05, 4.69) is 5.14 Å². The molecule has 0 fully saturated rings. The van der Waals surface area contributed by atoms with Crippen molar-refractivity contribution in [2.75, 3.05) is 0 Å². The fourth-order valence-electron chi connectivity index (χ4n) is 0.921. The highest BCUT2D eigenvalue weighted by Crippen LogP contribution is 2.49. The van der Waals surface area contributed by atoms with Crippen LogP contribution in [0.4, 0.5) is 26.3 Å². The molecule has 0 aliphatic carbocycles. The minimum Gasteiger partial charge on any atom is -0.223 e. The van der Waals surface area contributed by atoms with Crippen molar-refractivity contribution < 1.29 is 34.8 Å². The van der Waals surface area contributed by atoms with Crippen LogP contribution in [-0.4, -0.2) is 18.9 Å². The second kappa shape index (κ2) is 4.87. The molecule has 3 nitrogen and oxygen atoms in total. The van der Waals surface area contributed by atoms with Crippen molar-refractivity contribution in [3.63, 3.8) is 0 Å². The molecule has 0 saturated heterocycles. The summed E-state index contributed by atoms with van der Waals surface area (Å²) in [6.07, 6.45) is 0. The van der Waals surface area contributed by atoms with Crippen LogP contribution in [0.15, 0.2) is 23.1 Å². The maximum Gasteiger partial charge on any atom is 0.430 e. The van der Waals surface area contributed by atoms with Crippen LogP contribution in [0.2, 0.25) is 0 Å². The van der Waals surface area contributed by atoms with E-state index in [0.717, 1.165) is 0 Å². The first-order chi connectivity index (χ1) is 8.38. The molecule has 0 heterocycles. The largest absolute Gasteiger partial charge is 0.430 e. The highest BCUT2D eigenvalue weighted by atomic mass is 32.2. The van der Waals surface area contributed by atoms with Crippen LogP contribution in [0.3, 0.4) is 0 Å². The number of thioether (sulfide) groups is 1. The van der Waals surface area contributed by atoms with Crippen molar-refractivity contribution in [2.24, 2.45) is 5.14 Å². The Morgan fingerprint density at radius 2 is 1.63 bits per heavy atom. The second-order valence-electron chi connectivity index (χ2n) is 3.26.